The molecule has 0 aromatic carbocycles. The van der Waals surface area contributed by atoms with Crippen LogP contribution < -0.4 is 5.73 Å². The minimum atomic E-state index is -0.333. The van der Waals surface area contributed by atoms with E-state index in [-0.39, 0.29) is 7.33 Å². The average Bonchev–Trinajstić information content (AvgIpc) is 2.42. The highest BCUT2D eigenvalue weighted by Crippen LogP contribution is 2.21. The summed E-state index contributed by atoms with van der Waals surface area (Å²) in [5, 5.41) is 0. The van der Waals surface area contributed by atoms with Gasteiger partial charge in [0.25, 0.3) is 0 Å². The van der Waals surface area contributed by atoms with E-state index in [1.54, 1.807) is 0 Å². The number of primary amides is 1. The van der Waals surface area contributed by atoms with Crippen LogP contribution in [0.5, 0.6) is 0 Å². The Morgan fingerprint density at radius 3 is 1.95 bits per heavy atom. The second-order valence-electron chi connectivity index (χ2n) is 6.02. The summed E-state index contributed by atoms with van der Waals surface area (Å²) in [4.78, 5) is 14.3. The minimum Gasteiger partial charge on any atom is -0.377 e. The first-order valence-electron chi connectivity index (χ1n) is 8.85. The van der Waals surface area contributed by atoms with Crippen molar-refractivity contribution in [3.63, 3.8) is 0 Å². The maximum atomic E-state index is 9.22. The third-order valence-electron chi connectivity index (χ3n) is 3.73. The molecule has 5 heteroatoms. The molecule has 2 fully saturated rings. The molecule has 22 heavy (non-hydrogen) atoms. The van der Waals surface area contributed by atoms with Crippen LogP contribution in [0.15, 0.2) is 0 Å². The SMILES string of the molecule is CC(N)=O.CCC.CCN1CCN(CCOC2CCC2)CC1.[HH]. The first-order valence-corrected chi connectivity index (χ1v) is 8.85. The van der Waals surface area contributed by atoms with Crippen molar-refractivity contribution < 1.29 is 11.0 Å². The van der Waals surface area contributed by atoms with E-state index in [4.69, 9.17) is 4.74 Å². The van der Waals surface area contributed by atoms with Gasteiger partial charge in [0.1, 0.15) is 0 Å². The molecule has 0 atom stereocenters. The highest BCUT2D eigenvalue weighted by atomic mass is 16.5. The first-order chi connectivity index (χ1) is 10.5. The number of hydrogen-bond acceptors (Lipinski definition) is 4. The molecule has 2 rings (SSSR count). The van der Waals surface area contributed by atoms with Crippen molar-refractivity contribution >= 4 is 5.91 Å². The van der Waals surface area contributed by atoms with Crippen molar-refractivity contribution in [2.45, 2.75) is 59.5 Å². The normalized spacial score (nSPS) is 19.3. The van der Waals surface area contributed by atoms with Crippen LogP contribution in [0.25, 0.3) is 0 Å². The van der Waals surface area contributed by atoms with Crippen LogP contribution in [0.4, 0.5) is 0 Å². The van der Waals surface area contributed by atoms with Crippen molar-refractivity contribution in [2.24, 2.45) is 5.73 Å². The number of piperazine rings is 1. The molecule has 0 aromatic rings. The van der Waals surface area contributed by atoms with Crippen molar-refractivity contribution in [1.82, 2.24) is 9.80 Å². The van der Waals surface area contributed by atoms with Gasteiger partial charge in [-0.3, -0.25) is 9.69 Å². The van der Waals surface area contributed by atoms with Crippen LogP contribution in [0.1, 0.15) is 54.8 Å². The Balaban J connectivity index is 0. The van der Waals surface area contributed by atoms with E-state index < -0.39 is 0 Å². The summed E-state index contributed by atoms with van der Waals surface area (Å²) < 4.78 is 5.78. The van der Waals surface area contributed by atoms with Gasteiger partial charge in [-0.05, 0) is 25.8 Å². The summed E-state index contributed by atoms with van der Waals surface area (Å²) in [5.41, 5.74) is 4.47. The van der Waals surface area contributed by atoms with E-state index in [2.05, 4.69) is 36.3 Å². The molecular formula is C17H39N3O2. The Bertz CT molecular complexity index is 265. The van der Waals surface area contributed by atoms with Gasteiger partial charge in [-0.25, -0.2) is 0 Å². The summed E-state index contributed by atoms with van der Waals surface area (Å²) in [5.74, 6) is -0.333. The Kier molecular flexibility index (Phi) is 13.6. The highest BCUT2D eigenvalue weighted by Gasteiger charge is 2.19. The maximum absolute atomic E-state index is 9.22. The van der Waals surface area contributed by atoms with Gasteiger partial charge in [0, 0.05) is 41.1 Å². The molecule has 5 nitrogen and oxygen atoms in total. The largest absolute Gasteiger partial charge is 0.377 e. The number of rotatable bonds is 5. The van der Waals surface area contributed by atoms with Gasteiger partial charge in [0.2, 0.25) is 5.91 Å². The fraction of sp³-hybridized carbons (Fsp3) is 0.941. The Labute approximate surface area is 138 Å². The molecule has 1 saturated carbocycles. The number of nitrogens with zero attached hydrogens (tertiary/aromatic N) is 2. The molecule has 0 spiro atoms. The predicted octanol–water partition coefficient (Wildman–Crippen LogP) is 2.35. The van der Waals surface area contributed by atoms with Crippen LogP contribution in [-0.2, 0) is 9.53 Å². The summed E-state index contributed by atoms with van der Waals surface area (Å²) in [6, 6.07) is 0. The summed E-state index contributed by atoms with van der Waals surface area (Å²) in [7, 11) is 0. The van der Waals surface area contributed by atoms with E-state index in [0.29, 0.717) is 6.10 Å². The molecule has 2 N–H and O–H groups in total. The molecule has 1 heterocycles. The van der Waals surface area contributed by atoms with Gasteiger partial charge in [-0.15, -0.1) is 0 Å². The number of carbonyl (C=O) groups is 1. The Hall–Kier alpha value is -0.650. The molecule has 1 aliphatic carbocycles. The van der Waals surface area contributed by atoms with Gasteiger partial charge in [0.15, 0.2) is 0 Å². The number of carbonyl (C=O) groups excluding carboxylic acids is 1. The fourth-order valence-electron chi connectivity index (χ4n) is 2.22. The second kappa shape index (κ2) is 14.0. The van der Waals surface area contributed by atoms with Gasteiger partial charge in [0.05, 0.1) is 12.7 Å². The monoisotopic (exact) mass is 317 g/mol. The third-order valence-corrected chi connectivity index (χ3v) is 3.73. The molecule has 0 radical (unpaired) electrons. The fourth-order valence-corrected chi connectivity index (χ4v) is 2.22. The molecule has 1 saturated heterocycles. The summed E-state index contributed by atoms with van der Waals surface area (Å²) >= 11 is 0. The summed E-state index contributed by atoms with van der Waals surface area (Å²) in [6.45, 7) is 16.0. The highest BCUT2D eigenvalue weighted by molar-refractivity contribution is 5.70. The molecule has 0 bridgehead atoms. The second-order valence-corrected chi connectivity index (χ2v) is 6.02. The maximum Gasteiger partial charge on any atom is 0.214 e. The number of likely N-dealkylation sites (N-methyl/N-ethyl adjacent to an activating group) is 1. The van der Waals surface area contributed by atoms with Gasteiger partial charge in [-0.1, -0.05) is 27.2 Å². The van der Waals surface area contributed by atoms with Crippen LogP contribution in [0.3, 0.4) is 0 Å². The van der Waals surface area contributed by atoms with Gasteiger partial charge in [-0.2, -0.15) is 0 Å². The molecular weight excluding hydrogens is 278 g/mol. The van der Waals surface area contributed by atoms with E-state index in [1.807, 2.05) is 0 Å². The zero-order valence-electron chi connectivity index (χ0n) is 15.1. The molecule has 0 aromatic heterocycles. The van der Waals surface area contributed by atoms with Crippen LogP contribution in [0.2, 0.25) is 0 Å². The summed E-state index contributed by atoms with van der Waals surface area (Å²) in [6.07, 6.45) is 5.81. The lowest BCUT2D eigenvalue weighted by atomic mass is 9.96. The lowest BCUT2D eigenvalue weighted by Gasteiger charge is -2.34. The number of nitrogens with two attached hydrogens (primary N) is 1. The van der Waals surface area contributed by atoms with E-state index in [9.17, 15) is 4.79 Å². The number of hydrogen-bond donors (Lipinski definition) is 1. The lowest BCUT2D eigenvalue weighted by Crippen LogP contribution is -2.47. The van der Waals surface area contributed by atoms with Crippen LogP contribution >= 0.6 is 0 Å². The average molecular weight is 318 g/mol. The molecule has 2 aliphatic rings. The molecule has 1 amide bonds. The quantitative estimate of drug-likeness (QED) is 0.845. The van der Waals surface area contributed by atoms with E-state index in [1.165, 1.54) is 65.3 Å². The Morgan fingerprint density at radius 2 is 1.59 bits per heavy atom. The number of ether oxygens (including phenoxy) is 1. The smallest absolute Gasteiger partial charge is 0.214 e. The van der Waals surface area contributed by atoms with Crippen molar-refractivity contribution in [1.29, 1.82) is 0 Å². The van der Waals surface area contributed by atoms with Gasteiger partial charge >= 0.3 is 0 Å². The standard InChI is InChI=1S/C12H24N2O.C3H8.C2H5NO.H2/c1-2-13-6-8-14(9-7-13)10-11-15-12-4-3-5-12;1-3-2;1-2(3)4;/h12H,2-11H2,1H3;3H2,1-2H3;1H3,(H2,3,4);1H. The lowest BCUT2D eigenvalue weighted by molar-refractivity contribution is -0.115. The van der Waals surface area contributed by atoms with E-state index in [0.717, 1.165) is 13.2 Å². The topological polar surface area (TPSA) is 58.8 Å². The van der Waals surface area contributed by atoms with Crippen LogP contribution in [-0.4, -0.2) is 67.7 Å². The van der Waals surface area contributed by atoms with Crippen molar-refractivity contribution in [3.05, 3.63) is 0 Å². The molecule has 0 unspecified atom stereocenters. The zero-order valence-corrected chi connectivity index (χ0v) is 15.1. The molecule has 1 aliphatic heterocycles. The van der Waals surface area contributed by atoms with Crippen LogP contribution in [0, 0.1) is 0 Å². The first kappa shape index (κ1) is 21.4. The van der Waals surface area contributed by atoms with Gasteiger partial charge < -0.3 is 15.4 Å². The predicted molar refractivity (Wildman–Crippen MR) is 95.1 cm³/mol. The third kappa shape index (κ3) is 12.0. The molecule has 134 valence electrons. The number of amides is 1. The Morgan fingerprint density at radius 1 is 1.14 bits per heavy atom. The zero-order chi connectivity index (χ0) is 16.8. The van der Waals surface area contributed by atoms with Crippen molar-refractivity contribution in [2.75, 3.05) is 45.9 Å². The van der Waals surface area contributed by atoms with Crippen molar-refractivity contribution in [3.8, 4) is 0 Å². The minimum absolute atomic E-state index is 0. The van der Waals surface area contributed by atoms with E-state index >= 15 is 0 Å².